The number of imidazole rings is 1. The normalized spacial score (nSPS) is 10.8. The molecule has 0 atom stereocenters. The minimum absolute atomic E-state index is 0.470. The maximum absolute atomic E-state index is 5.75. The first-order valence-corrected chi connectivity index (χ1v) is 4.85. The molecule has 3 aromatic heterocycles. The van der Waals surface area contributed by atoms with Crippen LogP contribution in [0.5, 0.6) is 0 Å². The van der Waals surface area contributed by atoms with Gasteiger partial charge in [-0.1, -0.05) is 0 Å². The van der Waals surface area contributed by atoms with Crippen LogP contribution in [-0.2, 0) is 0 Å². The van der Waals surface area contributed by atoms with Gasteiger partial charge in [-0.3, -0.25) is 4.98 Å². The summed E-state index contributed by atoms with van der Waals surface area (Å²) in [7, 11) is 0. The van der Waals surface area contributed by atoms with Crippen LogP contribution < -0.4 is 5.73 Å². The van der Waals surface area contributed by atoms with Crippen molar-refractivity contribution in [3.8, 4) is 11.1 Å². The Morgan fingerprint density at radius 3 is 2.75 bits per heavy atom. The third-order valence-corrected chi connectivity index (χ3v) is 2.37. The van der Waals surface area contributed by atoms with E-state index in [4.69, 9.17) is 5.73 Å². The SMILES string of the molecule is Nc1cc(-c2ccncc2)c2nccn2n1. The number of nitrogen functional groups attached to an aromatic ring is 1. The molecule has 5 nitrogen and oxygen atoms in total. The van der Waals surface area contributed by atoms with Gasteiger partial charge in [0.1, 0.15) is 5.82 Å². The van der Waals surface area contributed by atoms with Crippen molar-refractivity contribution in [2.75, 3.05) is 5.73 Å². The number of rotatable bonds is 1. The first kappa shape index (κ1) is 8.84. The molecule has 0 radical (unpaired) electrons. The largest absolute Gasteiger partial charge is 0.382 e. The lowest BCUT2D eigenvalue weighted by Gasteiger charge is -2.04. The zero-order chi connectivity index (χ0) is 11.0. The lowest BCUT2D eigenvalue weighted by atomic mass is 10.1. The number of aromatic nitrogens is 4. The minimum atomic E-state index is 0.470. The van der Waals surface area contributed by atoms with Gasteiger partial charge in [-0.05, 0) is 23.8 Å². The number of fused-ring (bicyclic) bond motifs is 1. The first-order chi connectivity index (χ1) is 7.84. The van der Waals surface area contributed by atoms with E-state index in [0.717, 1.165) is 16.8 Å². The van der Waals surface area contributed by atoms with Gasteiger partial charge in [-0.15, -0.1) is 5.10 Å². The van der Waals surface area contributed by atoms with E-state index in [-0.39, 0.29) is 0 Å². The molecule has 0 saturated carbocycles. The fourth-order valence-corrected chi connectivity index (χ4v) is 1.68. The van der Waals surface area contributed by atoms with Crippen LogP contribution in [0.2, 0.25) is 0 Å². The second-order valence-corrected chi connectivity index (χ2v) is 3.41. The minimum Gasteiger partial charge on any atom is -0.382 e. The Bertz CT molecular complexity index is 629. The average molecular weight is 211 g/mol. The van der Waals surface area contributed by atoms with Crippen LogP contribution in [0.25, 0.3) is 16.8 Å². The molecule has 0 spiro atoms. The molecule has 3 rings (SSSR count). The zero-order valence-electron chi connectivity index (χ0n) is 8.41. The predicted octanol–water partition coefficient (Wildman–Crippen LogP) is 1.37. The van der Waals surface area contributed by atoms with Crippen LogP contribution in [0.15, 0.2) is 43.0 Å². The summed E-state index contributed by atoms with van der Waals surface area (Å²) in [4.78, 5) is 8.25. The molecule has 0 bridgehead atoms. The van der Waals surface area contributed by atoms with E-state index in [9.17, 15) is 0 Å². The van der Waals surface area contributed by atoms with Crippen LogP contribution in [0.4, 0.5) is 5.82 Å². The second-order valence-electron chi connectivity index (χ2n) is 3.41. The van der Waals surface area contributed by atoms with Gasteiger partial charge in [0.2, 0.25) is 0 Å². The van der Waals surface area contributed by atoms with Crippen LogP contribution in [0.3, 0.4) is 0 Å². The van der Waals surface area contributed by atoms with Crippen molar-refractivity contribution in [3.63, 3.8) is 0 Å². The summed E-state index contributed by atoms with van der Waals surface area (Å²) in [5, 5.41) is 4.14. The molecular weight excluding hydrogens is 202 g/mol. The summed E-state index contributed by atoms with van der Waals surface area (Å²) in [6.07, 6.45) is 6.96. The molecule has 0 aromatic carbocycles. The smallest absolute Gasteiger partial charge is 0.161 e. The van der Waals surface area contributed by atoms with Gasteiger partial charge in [0, 0.05) is 30.4 Å². The molecule has 2 N–H and O–H groups in total. The molecule has 0 saturated heterocycles. The molecule has 0 unspecified atom stereocenters. The van der Waals surface area contributed by atoms with Gasteiger partial charge in [0.25, 0.3) is 0 Å². The first-order valence-electron chi connectivity index (χ1n) is 4.85. The summed E-state index contributed by atoms with van der Waals surface area (Å²) < 4.78 is 1.67. The van der Waals surface area contributed by atoms with E-state index in [1.165, 1.54) is 0 Å². The van der Waals surface area contributed by atoms with Crippen LogP contribution in [-0.4, -0.2) is 19.6 Å². The fraction of sp³-hybridized carbons (Fsp3) is 0. The Kier molecular flexibility index (Phi) is 1.83. The van der Waals surface area contributed by atoms with Crippen LogP contribution >= 0.6 is 0 Å². The highest BCUT2D eigenvalue weighted by Gasteiger charge is 2.07. The van der Waals surface area contributed by atoms with Gasteiger partial charge < -0.3 is 5.73 Å². The highest BCUT2D eigenvalue weighted by molar-refractivity contribution is 5.78. The molecule has 0 amide bonds. The Hall–Kier alpha value is -2.43. The standard InChI is InChI=1S/C11H9N5/c12-10-7-9(8-1-3-13-4-2-8)11-14-5-6-16(11)15-10/h1-7H,(H2,12,15). The molecule has 0 aliphatic carbocycles. The van der Waals surface area contributed by atoms with Crippen molar-refractivity contribution in [2.45, 2.75) is 0 Å². The van der Waals surface area contributed by atoms with Crippen LogP contribution in [0, 0.1) is 0 Å². The van der Waals surface area contributed by atoms with Crippen molar-refractivity contribution in [1.82, 2.24) is 19.6 Å². The van der Waals surface area contributed by atoms with E-state index in [1.54, 1.807) is 29.3 Å². The Balaban J connectivity index is 2.34. The van der Waals surface area contributed by atoms with E-state index >= 15 is 0 Å². The quantitative estimate of drug-likeness (QED) is 0.660. The van der Waals surface area contributed by atoms with Gasteiger partial charge in [0.15, 0.2) is 5.65 Å². The maximum atomic E-state index is 5.75. The topological polar surface area (TPSA) is 69.1 Å². The highest BCUT2D eigenvalue weighted by Crippen LogP contribution is 2.23. The summed E-state index contributed by atoms with van der Waals surface area (Å²) in [5.41, 5.74) is 8.52. The van der Waals surface area contributed by atoms with Crippen molar-refractivity contribution >= 4 is 11.5 Å². The number of nitrogens with zero attached hydrogens (tertiary/aromatic N) is 4. The molecule has 0 aliphatic heterocycles. The lowest BCUT2D eigenvalue weighted by Crippen LogP contribution is -1.99. The highest BCUT2D eigenvalue weighted by atomic mass is 15.3. The summed E-state index contributed by atoms with van der Waals surface area (Å²) in [6.45, 7) is 0. The van der Waals surface area contributed by atoms with Gasteiger partial charge in [-0.2, -0.15) is 0 Å². The Morgan fingerprint density at radius 2 is 1.94 bits per heavy atom. The van der Waals surface area contributed by atoms with Gasteiger partial charge >= 0.3 is 0 Å². The zero-order valence-corrected chi connectivity index (χ0v) is 8.41. The van der Waals surface area contributed by atoms with Gasteiger partial charge in [0.05, 0.1) is 0 Å². The van der Waals surface area contributed by atoms with Crippen molar-refractivity contribution in [3.05, 3.63) is 43.0 Å². The lowest BCUT2D eigenvalue weighted by molar-refractivity contribution is 0.947. The van der Waals surface area contributed by atoms with E-state index in [2.05, 4.69) is 15.1 Å². The number of nitrogens with two attached hydrogens (primary N) is 1. The Labute approximate surface area is 91.6 Å². The molecule has 5 heteroatoms. The molecule has 0 aliphatic rings. The summed E-state index contributed by atoms with van der Waals surface area (Å²) >= 11 is 0. The molecule has 0 fully saturated rings. The van der Waals surface area contributed by atoms with Gasteiger partial charge in [-0.25, -0.2) is 9.50 Å². The molecular formula is C11H9N5. The van der Waals surface area contributed by atoms with E-state index in [1.807, 2.05) is 18.2 Å². The number of pyridine rings is 1. The predicted molar refractivity (Wildman–Crippen MR) is 60.6 cm³/mol. The van der Waals surface area contributed by atoms with Crippen LogP contribution in [0.1, 0.15) is 0 Å². The fourth-order valence-electron chi connectivity index (χ4n) is 1.68. The van der Waals surface area contributed by atoms with E-state index < -0.39 is 0 Å². The molecule has 3 heterocycles. The van der Waals surface area contributed by atoms with E-state index in [0.29, 0.717) is 5.82 Å². The van der Waals surface area contributed by atoms with Crippen molar-refractivity contribution in [2.24, 2.45) is 0 Å². The maximum Gasteiger partial charge on any atom is 0.161 e. The summed E-state index contributed by atoms with van der Waals surface area (Å²) in [6, 6.07) is 5.66. The molecule has 16 heavy (non-hydrogen) atoms. The average Bonchev–Trinajstić information content (AvgIpc) is 2.77. The third kappa shape index (κ3) is 1.30. The number of hydrogen-bond donors (Lipinski definition) is 1. The molecule has 3 aromatic rings. The number of hydrogen-bond acceptors (Lipinski definition) is 4. The third-order valence-electron chi connectivity index (χ3n) is 2.37. The van der Waals surface area contributed by atoms with Crippen molar-refractivity contribution < 1.29 is 0 Å². The molecule has 78 valence electrons. The van der Waals surface area contributed by atoms with Crippen molar-refractivity contribution in [1.29, 1.82) is 0 Å². The second kappa shape index (κ2) is 3.30. The monoisotopic (exact) mass is 211 g/mol. The summed E-state index contributed by atoms with van der Waals surface area (Å²) in [5.74, 6) is 0.470. The number of anilines is 1. The Morgan fingerprint density at radius 1 is 1.12 bits per heavy atom.